The van der Waals surface area contributed by atoms with Gasteiger partial charge in [0.15, 0.2) is 0 Å². The molecule has 15 heavy (non-hydrogen) atoms. The van der Waals surface area contributed by atoms with Crippen LogP contribution >= 0.6 is 11.6 Å². The molecule has 1 unspecified atom stereocenters. The lowest BCUT2D eigenvalue weighted by Crippen LogP contribution is -2.17. The van der Waals surface area contributed by atoms with E-state index in [0.29, 0.717) is 18.1 Å². The number of benzene rings is 1. The number of halogens is 1. The number of amides is 1. The topological polar surface area (TPSA) is 52.3 Å². The van der Waals surface area contributed by atoms with Gasteiger partial charge in [-0.25, -0.2) is 0 Å². The van der Waals surface area contributed by atoms with Crippen LogP contribution in [0.2, 0.25) is 0 Å². The number of rotatable bonds is 5. The molecule has 1 rings (SSSR count). The van der Waals surface area contributed by atoms with E-state index >= 15 is 0 Å². The van der Waals surface area contributed by atoms with Crippen LogP contribution in [0.5, 0.6) is 0 Å². The standard InChI is InChI=1S/C11H14ClNO2/c1-2-15-10(7-12)8-5-3-4-6-9(8)11(13)14/h3-6,10H,2,7H2,1H3,(H2,13,14). The molecule has 0 fully saturated rings. The minimum Gasteiger partial charge on any atom is -0.373 e. The molecule has 0 saturated carbocycles. The lowest BCUT2D eigenvalue weighted by Gasteiger charge is -2.16. The Labute approximate surface area is 94.2 Å². The smallest absolute Gasteiger partial charge is 0.249 e. The Hall–Kier alpha value is -1.06. The summed E-state index contributed by atoms with van der Waals surface area (Å²) < 4.78 is 5.43. The SMILES string of the molecule is CCOC(CCl)c1ccccc1C(N)=O. The highest BCUT2D eigenvalue weighted by Gasteiger charge is 2.16. The number of alkyl halides is 1. The molecular formula is C11H14ClNO2. The van der Waals surface area contributed by atoms with Crippen molar-refractivity contribution in [3.8, 4) is 0 Å². The van der Waals surface area contributed by atoms with Crippen molar-refractivity contribution in [2.75, 3.05) is 12.5 Å². The van der Waals surface area contributed by atoms with Crippen LogP contribution in [0.4, 0.5) is 0 Å². The summed E-state index contributed by atoms with van der Waals surface area (Å²) in [5.41, 5.74) is 6.49. The zero-order valence-electron chi connectivity index (χ0n) is 8.57. The summed E-state index contributed by atoms with van der Waals surface area (Å²) in [6, 6.07) is 7.08. The molecule has 1 aromatic carbocycles. The van der Waals surface area contributed by atoms with Crippen LogP contribution in [-0.4, -0.2) is 18.4 Å². The van der Waals surface area contributed by atoms with Crippen molar-refractivity contribution in [2.24, 2.45) is 5.73 Å². The molecule has 0 aliphatic rings. The van der Waals surface area contributed by atoms with Crippen molar-refractivity contribution in [1.82, 2.24) is 0 Å². The fourth-order valence-electron chi connectivity index (χ4n) is 1.42. The minimum atomic E-state index is -0.458. The van der Waals surface area contributed by atoms with Crippen LogP contribution in [-0.2, 0) is 4.74 Å². The molecular weight excluding hydrogens is 214 g/mol. The zero-order chi connectivity index (χ0) is 11.3. The number of ether oxygens (including phenoxy) is 1. The highest BCUT2D eigenvalue weighted by molar-refractivity contribution is 6.18. The Kier molecular flexibility index (Phi) is 4.59. The number of carbonyl (C=O) groups excluding carboxylic acids is 1. The molecule has 1 atom stereocenters. The minimum absolute atomic E-state index is 0.277. The van der Waals surface area contributed by atoms with Crippen molar-refractivity contribution < 1.29 is 9.53 Å². The Morgan fingerprint density at radius 1 is 1.53 bits per heavy atom. The van der Waals surface area contributed by atoms with E-state index in [0.717, 1.165) is 5.56 Å². The van der Waals surface area contributed by atoms with E-state index in [1.54, 1.807) is 12.1 Å². The van der Waals surface area contributed by atoms with Gasteiger partial charge < -0.3 is 10.5 Å². The van der Waals surface area contributed by atoms with Gasteiger partial charge in [-0.1, -0.05) is 18.2 Å². The normalized spacial score (nSPS) is 12.4. The van der Waals surface area contributed by atoms with Gasteiger partial charge in [-0.05, 0) is 18.6 Å². The van der Waals surface area contributed by atoms with Crippen LogP contribution in [0.25, 0.3) is 0 Å². The zero-order valence-corrected chi connectivity index (χ0v) is 9.33. The van der Waals surface area contributed by atoms with Crippen molar-refractivity contribution in [1.29, 1.82) is 0 Å². The molecule has 1 aromatic rings. The molecule has 2 N–H and O–H groups in total. The van der Waals surface area contributed by atoms with E-state index in [-0.39, 0.29) is 6.10 Å². The second kappa shape index (κ2) is 5.73. The van der Waals surface area contributed by atoms with Gasteiger partial charge >= 0.3 is 0 Å². The third kappa shape index (κ3) is 2.94. The van der Waals surface area contributed by atoms with E-state index in [2.05, 4.69) is 0 Å². The van der Waals surface area contributed by atoms with Crippen molar-refractivity contribution >= 4 is 17.5 Å². The molecule has 0 bridgehead atoms. The monoisotopic (exact) mass is 227 g/mol. The molecule has 0 spiro atoms. The van der Waals surface area contributed by atoms with Crippen LogP contribution in [0.3, 0.4) is 0 Å². The fourth-order valence-corrected chi connectivity index (χ4v) is 1.68. The first kappa shape index (κ1) is 12.0. The molecule has 4 heteroatoms. The van der Waals surface area contributed by atoms with Gasteiger partial charge in [0, 0.05) is 12.2 Å². The molecule has 0 aliphatic carbocycles. The third-order valence-electron chi connectivity index (χ3n) is 2.08. The highest BCUT2D eigenvalue weighted by atomic mass is 35.5. The molecule has 1 amide bonds. The van der Waals surface area contributed by atoms with Crippen LogP contribution in [0.15, 0.2) is 24.3 Å². The summed E-state index contributed by atoms with van der Waals surface area (Å²) in [5, 5.41) is 0. The Balaban J connectivity index is 3.04. The van der Waals surface area contributed by atoms with E-state index in [1.807, 2.05) is 19.1 Å². The quantitative estimate of drug-likeness (QED) is 0.784. The van der Waals surface area contributed by atoms with Crippen LogP contribution < -0.4 is 5.73 Å². The Morgan fingerprint density at radius 3 is 2.73 bits per heavy atom. The predicted octanol–water partition coefficient (Wildman–Crippen LogP) is 2.10. The summed E-state index contributed by atoms with van der Waals surface area (Å²) in [4.78, 5) is 11.2. The maximum absolute atomic E-state index is 11.2. The molecule has 0 radical (unpaired) electrons. The highest BCUT2D eigenvalue weighted by Crippen LogP contribution is 2.22. The van der Waals surface area contributed by atoms with Crippen molar-refractivity contribution in [3.05, 3.63) is 35.4 Å². The van der Waals surface area contributed by atoms with E-state index < -0.39 is 5.91 Å². The first-order chi connectivity index (χ1) is 7.20. The van der Waals surface area contributed by atoms with Gasteiger partial charge in [0.05, 0.1) is 12.0 Å². The molecule has 0 aliphatic heterocycles. The molecule has 82 valence electrons. The molecule has 0 saturated heterocycles. The van der Waals surface area contributed by atoms with E-state index in [9.17, 15) is 4.79 Å². The van der Waals surface area contributed by atoms with Gasteiger partial charge in [0.2, 0.25) is 5.91 Å². The van der Waals surface area contributed by atoms with Gasteiger partial charge in [0.25, 0.3) is 0 Å². The van der Waals surface area contributed by atoms with Gasteiger partial charge in [0.1, 0.15) is 0 Å². The fraction of sp³-hybridized carbons (Fsp3) is 0.364. The number of hydrogen-bond donors (Lipinski definition) is 1. The summed E-state index contributed by atoms with van der Waals surface area (Å²) in [5.74, 6) is -0.154. The summed E-state index contributed by atoms with van der Waals surface area (Å²) in [7, 11) is 0. The number of primary amides is 1. The van der Waals surface area contributed by atoms with Crippen molar-refractivity contribution in [2.45, 2.75) is 13.0 Å². The second-order valence-corrected chi connectivity index (χ2v) is 3.36. The first-order valence-corrected chi connectivity index (χ1v) is 5.30. The average Bonchev–Trinajstić information content (AvgIpc) is 2.26. The Morgan fingerprint density at radius 2 is 2.20 bits per heavy atom. The second-order valence-electron chi connectivity index (χ2n) is 3.05. The number of carbonyl (C=O) groups is 1. The first-order valence-electron chi connectivity index (χ1n) is 4.77. The third-order valence-corrected chi connectivity index (χ3v) is 2.36. The molecule has 0 heterocycles. The summed E-state index contributed by atoms with van der Waals surface area (Å²) in [6.07, 6.45) is -0.277. The lowest BCUT2D eigenvalue weighted by molar-refractivity contribution is 0.0769. The Bertz CT molecular complexity index is 341. The van der Waals surface area contributed by atoms with Gasteiger partial charge in [-0.3, -0.25) is 4.79 Å². The molecule has 3 nitrogen and oxygen atoms in total. The van der Waals surface area contributed by atoms with Crippen molar-refractivity contribution in [3.63, 3.8) is 0 Å². The summed E-state index contributed by atoms with van der Waals surface area (Å²) in [6.45, 7) is 2.43. The molecule has 0 aromatic heterocycles. The average molecular weight is 228 g/mol. The maximum Gasteiger partial charge on any atom is 0.249 e. The predicted molar refractivity (Wildman–Crippen MR) is 60.0 cm³/mol. The lowest BCUT2D eigenvalue weighted by atomic mass is 10.0. The largest absolute Gasteiger partial charge is 0.373 e. The van der Waals surface area contributed by atoms with Gasteiger partial charge in [-0.2, -0.15) is 0 Å². The van der Waals surface area contributed by atoms with E-state index in [1.165, 1.54) is 0 Å². The maximum atomic E-state index is 11.2. The number of nitrogens with two attached hydrogens (primary N) is 1. The van der Waals surface area contributed by atoms with Crippen LogP contribution in [0.1, 0.15) is 28.9 Å². The van der Waals surface area contributed by atoms with E-state index in [4.69, 9.17) is 22.1 Å². The van der Waals surface area contributed by atoms with Gasteiger partial charge in [-0.15, -0.1) is 11.6 Å². The number of hydrogen-bond acceptors (Lipinski definition) is 2. The summed E-state index contributed by atoms with van der Waals surface area (Å²) >= 11 is 5.78. The van der Waals surface area contributed by atoms with Crippen LogP contribution in [0, 0.1) is 0 Å².